The summed E-state index contributed by atoms with van der Waals surface area (Å²) in [4.78, 5) is 28.2. The molecule has 3 aromatic rings. The van der Waals surface area contributed by atoms with Crippen molar-refractivity contribution < 1.29 is 9.59 Å². The van der Waals surface area contributed by atoms with E-state index in [0.29, 0.717) is 12.2 Å². The van der Waals surface area contributed by atoms with Crippen molar-refractivity contribution in [2.75, 3.05) is 11.9 Å². The largest absolute Gasteiger partial charge is 0.334 e. The number of hydrogen-bond donors (Lipinski definition) is 3. The molecule has 2 aromatic carbocycles. The quantitative estimate of drug-likeness (QED) is 0.646. The molecule has 1 aromatic heterocycles. The Morgan fingerprint density at radius 3 is 2.58 bits per heavy atom. The summed E-state index contributed by atoms with van der Waals surface area (Å²) in [6.07, 6.45) is 0. The van der Waals surface area contributed by atoms with E-state index in [-0.39, 0.29) is 18.5 Å². The zero-order valence-electron chi connectivity index (χ0n) is 14.6. The predicted molar refractivity (Wildman–Crippen MR) is 104 cm³/mol. The van der Waals surface area contributed by atoms with Gasteiger partial charge in [0, 0.05) is 12.2 Å². The molecule has 3 rings (SSSR count). The minimum Gasteiger partial charge on any atom is -0.334 e. The first-order chi connectivity index (χ1) is 12.5. The summed E-state index contributed by atoms with van der Waals surface area (Å²) in [6.45, 7) is 4.27. The van der Waals surface area contributed by atoms with E-state index in [1.807, 2.05) is 50.2 Å². The monoisotopic (exact) mass is 368 g/mol. The van der Waals surface area contributed by atoms with Crippen molar-refractivity contribution in [2.24, 2.45) is 0 Å². The van der Waals surface area contributed by atoms with Crippen molar-refractivity contribution in [3.05, 3.63) is 58.6 Å². The molecule has 0 aliphatic rings. The minimum absolute atomic E-state index is 0.0977. The van der Waals surface area contributed by atoms with Crippen LogP contribution in [0.15, 0.2) is 42.5 Å². The molecule has 0 atom stereocenters. The first kappa shape index (κ1) is 17.9. The van der Waals surface area contributed by atoms with Crippen LogP contribution in [0, 0.1) is 13.8 Å². The van der Waals surface area contributed by atoms with Gasteiger partial charge in [-0.05, 0) is 37.6 Å². The molecule has 6 nitrogen and oxygen atoms in total. The van der Waals surface area contributed by atoms with Gasteiger partial charge in [-0.3, -0.25) is 4.79 Å². The van der Waals surface area contributed by atoms with E-state index in [1.54, 1.807) is 17.4 Å². The maximum absolute atomic E-state index is 12.0. The van der Waals surface area contributed by atoms with Crippen LogP contribution in [0.5, 0.6) is 0 Å². The molecule has 3 amide bonds. The van der Waals surface area contributed by atoms with Gasteiger partial charge in [-0.2, -0.15) is 0 Å². The van der Waals surface area contributed by atoms with Gasteiger partial charge in [-0.25, -0.2) is 9.78 Å². The molecule has 0 spiro atoms. The van der Waals surface area contributed by atoms with Crippen LogP contribution in [0.3, 0.4) is 0 Å². The van der Waals surface area contributed by atoms with Gasteiger partial charge >= 0.3 is 6.03 Å². The Kier molecular flexibility index (Phi) is 5.48. The first-order valence-corrected chi connectivity index (χ1v) is 9.05. The van der Waals surface area contributed by atoms with Gasteiger partial charge in [0.15, 0.2) is 0 Å². The summed E-state index contributed by atoms with van der Waals surface area (Å²) in [5, 5.41) is 9.04. The molecule has 0 unspecified atom stereocenters. The Balaban J connectivity index is 1.45. The number of rotatable bonds is 5. The van der Waals surface area contributed by atoms with Crippen LogP contribution in [0.25, 0.3) is 10.2 Å². The standard InChI is InChI=1S/C19H20N4O2S/c1-12-3-5-14(6-4-12)10-20-19(25)21-11-18(24)23-15-7-8-16-17(9-15)26-13(2)22-16/h3-9H,10-11H2,1-2H3,(H,23,24)(H2,20,21,25). The molecule has 3 N–H and O–H groups in total. The number of amides is 3. The zero-order chi connectivity index (χ0) is 18.5. The lowest BCUT2D eigenvalue weighted by Crippen LogP contribution is -2.39. The highest BCUT2D eigenvalue weighted by atomic mass is 32.1. The van der Waals surface area contributed by atoms with Gasteiger partial charge in [-0.1, -0.05) is 29.8 Å². The number of anilines is 1. The van der Waals surface area contributed by atoms with E-state index in [9.17, 15) is 9.59 Å². The summed E-state index contributed by atoms with van der Waals surface area (Å²) in [7, 11) is 0. The Morgan fingerprint density at radius 1 is 1.04 bits per heavy atom. The SMILES string of the molecule is Cc1ccc(CNC(=O)NCC(=O)Nc2ccc3nc(C)sc3c2)cc1. The van der Waals surface area contributed by atoms with Gasteiger partial charge in [0.05, 0.1) is 21.8 Å². The van der Waals surface area contributed by atoms with Crippen LogP contribution in [0.1, 0.15) is 16.1 Å². The molecule has 1 heterocycles. The Hall–Kier alpha value is -2.93. The summed E-state index contributed by atoms with van der Waals surface area (Å²) >= 11 is 1.57. The summed E-state index contributed by atoms with van der Waals surface area (Å²) < 4.78 is 1.02. The van der Waals surface area contributed by atoms with Gasteiger partial charge in [-0.15, -0.1) is 11.3 Å². The van der Waals surface area contributed by atoms with Crippen LogP contribution in [-0.4, -0.2) is 23.5 Å². The number of aromatic nitrogens is 1. The van der Waals surface area contributed by atoms with Gasteiger partial charge in [0.1, 0.15) is 0 Å². The van der Waals surface area contributed by atoms with Crippen molar-refractivity contribution in [3.63, 3.8) is 0 Å². The fourth-order valence-electron chi connectivity index (χ4n) is 2.43. The maximum Gasteiger partial charge on any atom is 0.315 e. The Morgan fingerprint density at radius 2 is 1.81 bits per heavy atom. The third-order valence-corrected chi connectivity index (χ3v) is 4.70. The van der Waals surface area contributed by atoms with Crippen molar-refractivity contribution >= 4 is 39.2 Å². The summed E-state index contributed by atoms with van der Waals surface area (Å²) in [5.41, 5.74) is 3.78. The van der Waals surface area contributed by atoms with E-state index >= 15 is 0 Å². The van der Waals surface area contributed by atoms with Gasteiger partial charge in [0.2, 0.25) is 5.91 Å². The fourth-order valence-corrected chi connectivity index (χ4v) is 3.30. The molecule has 7 heteroatoms. The second-order valence-electron chi connectivity index (χ2n) is 5.99. The normalized spacial score (nSPS) is 10.5. The van der Waals surface area contributed by atoms with E-state index in [2.05, 4.69) is 20.9 Å². The Bertz CT molecular complexity index is 934. The lowest BCUT2D eigenvalue weighted by atomic mass is 10.1. The molecule has 0 aliphatic heterocycles. The fraction of sp³-hybridized carbons (Fsp3) is 0.211. The first-order valence-electron chi connectivity index (χ1n) is 8.24. The summed E-state index contributed by atoms with van der Waals surface area (Å²) in [6, 6.07) is 13.1. The topological polar surface area (TPSA) is 83.1 Å². The Labute approximate surface area is 155 Å². The number of nitrogens with zero attached hydrogens (tertiary/aromatic N) is 1. The third-order valence-electron chi connectivity index (χ3n) is 3.76. The summed E-state index contributed by atoms with van der Waals surface area (Å²) in [5.74, 6) is -0.281. The van der Waals surface area contributed by atoms with Crippen LogP contribution in [-0.2, 0) is 11.3 Å². The number of hydrogen-bond acceptors (Lipinski definition) is 4. The van der Waals surface area contributed by atoms with Gasteiger partial charge < -0.3 is 16.0 Å². The van der Waals surface area contributed by atoms with E-state index in [1.165, 1.54) is 5.56 Å². The second-order valence-corrected chi connectivity index (χ2v) is 7.22. The number of aryl methyl sites for hydroxylation is 2. The van der Waals surface area contributed by atoms with E-state index < -0.39 is 0 Å². The number of fused-ring (bicyclic) bond motifs is 1. The van der Waals surface area contributed by atoms with Crippen molar-refractivity contribution in [2.45, 2.75) is 20.4 Å². The second kappa shape index (κ2) is 7.97. The number of thiazole rings is 1. The molecule has 0 fully saturated rings. The molecule has 0 radical (unpaired) electrons. The average Bonchev–Trinajstić information content (AvgIpc) is 2.99. The number of nitrogens with one attached hydrogen (secondary N) is 3. The third kappa shape index (κ3) is 4.80. The maximum atomic E-state index is 12.0. The van der Waals surface area contributed by atoms with Crippen molar-refractivity contribution in [1.82, 2.24) is 15.6 Å². The molecule has 26 heavy (non-hydrogen) atoms. The number of carbonyl (C=O) groups is 2. The average molecular weight is 368 g/mol. The van der Waals surface area contributed by atoms with Crippen LogP contribution >= 0.6 is 11.3 Å². The molecule has 134 valence electrons. The molecule has 0 saturated carbocycles. The van der Waals surface area contributed by atoms with E-state index in [4.69, 9.17) is 0 Å². The molecular formula is C19H20N4O2S. The molecule has 0 aliphatic carbocycles. The van der Waals surface area contributed by atoms with Gasteiger partial charge in [0.25, 0.3) is 0 Å². The molecule has 0 bridgehead atoms. The lowest BCUT2D eigenvalue weighted by molar-refractivity contribution is -0.115. The highest BCUT2D eigenvalue weighted by molar-refractivity contribution is 7.18. The minimum atomic E-state index is -0.380. The van der Waals surface area contributed by atoms with E-state index in [0.717, 1.165) is 20.8 Å². The number of benzene rings is 2. The van der Waals surface area contributed by atoms with Crippen molar-refractivity contribution in [1.29, 1.82) is 0 Å². The predicted octanol–water partition coefficient (Wildman–Crippen LogP) is 3.35. The highest BCUT2D eigenvalue weighted by Crippen LogP contribution is 2.24. The smallest absolute Gasteiger partial charge is 0.315 e. The van der Waals surface area contributed by atoms with Crippen LogP contribution < -0.4 is 16.0 Å². The number of carbonyl (C=O) groups excluding carboxylic acids is 2. The van der Waals surface area contributed by atoms with Crippen LogP contribution in [0.4, 0.5) is 10.5 Å². The lowest BCUT2D eigenvalue weighted by Gasteiger charge is -2.09. The highest BCUT2D eigenvalue weighted by Gasteiger charge is 2.07. The molecule has 0 saturated heterocycles. The molecular weight excluding hydrogens is 348 g/mol. The van der Waals surface area contributed by atoms with Crippen LogP contribution in [0.2, 0.25) is 0 Å². The number of urea groups is 1. The zero-order valence-corrected chi connectivity index (χ0v) is 15.4. The van der Waals surface area contributed by atoms with Crippen molar-refractivity contribution in [3.8, 4) is 0 Å².